The molecule has 8 heteroatoms. The van der Waals surface area contributed by atoms with E-state index >= 15 is 0 Å². The Bertz CT molecular complexity index is 575. The van der Waals surface area contributed by atoms with E-state index in [0.717, 1.165) is 23.6 Å². The number of hydrogen-bond donors (Lipinski definition) is 3. The summed E-state index contributed by atoms with van der Waals surface area (Å²) in [5, 5.41) is 17.0. The normalized spacial score (nSPS) is 25.4. The number of nitrogens with one attached hydrogen (secondary N) is 3. The maximum absolute atomic E-state index is 12.8. The number of H-pyrrole nitrogens is 1. The lowest BCUT2D eigenvalue weighted by Crippen LogP contribution is -2.49. The van der Waals surface area contributed by atoms with E-state index in [-0.39, 0.29) is 23.1 Å². The highest BCUT2D eigenvalue weighted by Crippen LogP contribution is 2.56. The highest BCUT2D eigenvalue weighted by Gasteiger charge is 2.57. The van der Waals surface area contributed by atoms with E-state index in [1.807, 2.05) is 27.7 Å². The lowest BCUT2D eigenvalue weighted by molar-refractivity contribution is -0.138. The molecule has 2 rings (SSSR count). The van der Waals surface area contributed by atoms with Crippen molar-refractivity contribution >= 4 is 23.6 Å². The molecule has 1 aliphatic carbocycles. The van der Waals surface area contributed by atoms with Crippen LogP contribution >= 0.6 is 11.8 Å². The topological polar surface area (TPSA) is 99.8 Å². The highest BCUT2D eigenvalue weighted by atomic mass is 32.2. The van der Waals surface area contributed by atoms with Gasteiger partial charge < -0.3 is 10.6 Å². The van der Waals surface area contributed by atoms with E-state index in [4.69, 9.17) is 0 Å². The Labute approximate surface area is 147 Å². The van der Waals surface area contributed by atoms with Crippen molar-refractivity contribution in [2.45, 2.75) is 45.6 Å². The second kappa shape index (κ2) is 7.55. The lowest BCUT2D eigenvalue weighted by atomic mass is 9.65. The van der Waals surface area contributed by atoms with Gasteiger partial charge in [0, 0.05) is 24.8 Å². The van der Waals surface area contributed by atoms with Crippen molar-refractivity contribution < 1.29 is 9.59 Å². The van der Waals surface area contributed by atoms with Crippen LogP contribution in [0.4, 0.5) is 0 Å². The molecule has 0 radical (unpaired) electrons. The zero-order chi connectivity index (χ0) is 17.8. The molecule has 2 amide bonds. The first kappa shape index (κ1) is 18.8. The van der Waals surface area contributed by atoms with Crippen LogP contribution in [-0.2, 0) is 9.59 Å². The van der Waals surface area contributed by atoms with Crippen molar-refractivity contribution in [3.63, 3.8) is 0 Å². The summed E-state index contributed by atoms with van der Waals surface area (Å²) in [5.41, 5.74) is -0.920. The van der Waals surface area contributed by atoms with Crippen molar-refractivity contribution in [2.75, 3.05) is 18.8 Å². The molecule has 0 aliphatic heterocycles. The van der Waals surface area contributed by atoms with Crippen LogP contribution in [0.2, 0.25) is 0 Å². The standard InChI is InChI=1S/C16H27N5O2S/c1-5-17-13(22)11-6-7-16(4,15(11,2)3)14(23)18-8-9-24-12-10-19-21-20-12/h10-11H,5-9H2,1-4H3,(H,17,22)(H,18,23)(H,19,20,21)/t11-,16+/m0/s1. The third-order valence-electron chi connectivity index (χ3n) is 5.43. The number of rotatable bonds is 7. The summed E-state index contributed by atoms with van der Waals surface area (Å²) in [4.78, 5) is 25.1. The average Bonchev–Trinajstić information content (AvgIpc) is 3.11. The Morgan fingerprint density at radius 2 is 2.12 bits per heavy atom. The van der Waals surface area contributed by atoms with Crippen molar-refractivity contribution in [1.82, 2.24) is 26.0 Å². The summed E-state index contributed by atoms with van der Waals surface area (Å²) in [5.74, 6) is 0.688. The summed E-state index contributed by atoms with van der Waals surface area (Å²) in [7, 11) is 0. The fourth-order valence-corrected chi connectivity index (χ4v) is 4.08. The molecule has 0 spiro atoms. The van der Waals surface area contributed by atoms with E-state index in [2.05, 4.69) is 26.0 Å². The van der Waals surface area contributed by atoms with Gasteiger partial charge in [-0.05, 0) is 25.2 Å². The van der Waals surface area contributed by atoms with Gasteiger partial charge in [-0.15, -0.1) is 16.9 Å². The van der Waals surface area contributed by atoms with Crippen molar-refractivity contribution in [3.8, 4) is 0 Å². The van der Waals surface area contributed by atoms with E-state index in [1.54, 1.807) is 6.20 Å². The summed E-state index contributed by atoms with van der Waals surface area (Å²) in [6, 6.07) is 0. The van der Waals surface area contributed by atoms with Crippen LogP contribution in [0.5, 0.6) is 0 Å². The third kappa shape index (κ3) is 3.58. The highest BCUT2D eigenvalue weighted by molar-refractivity contribution is 7.99. The SMILES string of the molecule is CCNC(=O)[C@@H]1CC[C@](C)(C(=O)NCCSc2cn[nH]n2)C1(C)C. The number of aromatic amines is 1. The van der Waals surface area contributed by atoms with Crippen LogP contribution in [0.1, 0.15) is 40.5 Å². The molecule has 2 atom stereocenters. The second-order valence-electron chi connectivity index (χ2n) is 6.95. The molecule has 1 aromatic rings. The van der Waals surface area contributed by atoms with Crippen LogP contribution in [-0.4, -0.2) is 46.1 Å². The molecule has 3 N–H and O–H groups in total. The van der Waals surface area contributed by atoms with Crippen LogP contribution in [0.3, 0.4) is 0 Å². The Hall–Kier alpha value is -1.57. The minimum absolute atomic E-state index is 0.0278. The first-order valence-corrected chi connectivity index (χ1v) is 9.36. The predicted molar refractivity (Wildman–Crippen MR) is 93.4 cm³/mol. The molecule has 0 unspecified atom stereocenters. The minimum atomic E-state index is -0.540. The molecular formula is C16H27N5O2S. The molecule has 1 aromatic heterocycles. The van der Waals surface area contributed by atoms with Gasteiger partial charge >= 0.3 is 0 Å². The number of aromatic nitrogens is 3. The molecular weight excluding hydrogens is 326 g/mol. The van der Waals surface area contributed by atoms with Gasteiger partial charge in [-0.25, -0.2) is 0 Å². The maximum Gasteiger partial charge on any atom is 0.226 e. The third-order valence-corrected chi connectivity index (χ3v) is 6.33. The van der Waals surface area contributed by atoms with Crippen LogP contribution in [0, 0.1) is 16.7 Å². The molecule has 24 heavy (non-hydrogen) atoms. The molecule has 1 fully saturated rings. The fourth-order valence-electron chi connectivity index (χ4n) is 3.44. The average molecular weight is 353 g/mol. The van der Waals surface area contributed by atoms with Gasteiger partial charge in [-0.2, -0.15) is 10.3 Å². The number of carbonyl (C=O) groups is 2. The minimum Gasteiger partial charge on any atom is -0.356 e. The van der Waals surface area contributed by atoms with Crippen molar-refractivity contribution in [2.24, 2.45) is 16.7 Å². The van der Waals surface area contributed by atoms with E-state index in [9.17, 15) is 9.59 Å². The van der Waals surface area contributed by atoms with Gasteiger partial charge in [0.25, 0.3) is 0 Å². The Morgan fingerprint density at radius 3 is 2.75 bits per heavy atom. The number of nitrogens with zero attached hydrogens (tertiary/aromatic N) is 2. The Kier molecular flexibility index (Phi) is 5.90. The zero-order valence-electron chi connectivity index (χ0n) is 14.8. The Balaban J connectivity index is 1.91. The molecule has 134 valence electrons. The second-order valence-corrected chi connectivity index (χ2v) is 8.07. The largest absolute Gasteiger partial charge is 0.356 e. The summed E-state index contributed by atoms with van der Waals surface area (Å²) in [6.07, 6.45) is 3.13. The van der Waals surface area contributed by atoms with Gasteiger partial charge in [0.15, 0.2) is 0 Å². The molecule has 0 aromatic carbocycles. The van der Waals surface area contributed by atoms with Crippen LogP contribution in [0.15, 0.2) is 11.2 Å². The fraction of sp³-hybridized carbons (Fsp3) is 0.750. The van der Waals surface area contributed by atoms with Gasteiger partial charge in [0.2, 0.25) is 11.8 Å². The van der Waals surface area contributed by atoms with E-state index in [1.165, 1.54) is 11.8 Å². The quantitative estimate of drug-likeness (QED) is 0.511. The van der Waals surface area contributed by atoms with Crippen LogP contribution in [0.25, 0.3) is 0 Å². The number of carbonyl (C=O) groups excluding carboxylic acids is 2. The Morgan fingerprint density at radius 1 is 1.38 bits per heavy atom. The number of thioether (sulfide) groups is 1. The summed E-state index contributed by atoms with van der Waals surface area (Å²) >= 11 is 1.54. The van der Waals surface area contributed by atoms with Crippen molar-refractivity contribution in [3.05, 3.63) is 6.20 Å². The molecule has 1 aliphatic rings. The molecule has 1 saturated carbocycles. The first-order valence-electron chi connectivity index (χ1n) is 8.37. The monoisotopic (exact) mass is 353 g/mol. The maximum atomic E-state index is 12.8. The molecule has 0 bridgehead atoms. The van der Waals surface area contributed by atoms with Gasteiger partial charge in [0.1, 0.15) is 5.03 Å². The van der Waals surface area contributed by atoms with E-state index < -0.39 is 5.41 Å². The summed E-state index contributed by atoms with van der Waals surface area (Å²) < 4.78 is 0. The molecule has 0 saturated heterocycles. The van der Waals surface area contributed by atoms with Crippen molar-refractivity contribution in [1.29, 1.82) is 0 Å². The smallest absolute Gasteiger partial charge is 0.226 e. The zero-order valence-corrected chi connectivity index (χ0v) is 15.6. The summed E-state index contributed by atoms with van der Waals surface area (Å²) in [6.45, 7) is 9.14. The van der Waals surface area contributed by atoms with Gasteiger partial charge in [-0.1, -0.05) is 20.8 Å². The van der Waals surface area contributed by atoms with Crippen LogP contribution < -0.4 is 10.6 Å². The molecule has 1 heterocycles. The molecule has 7 nitrogen and oxygen atoms in total. The lowest BCUT2D eigenvalue weighted by Gasteiger charge is -2.39. The first-order chi connectivity index (χ1) is 11.3. The number of hydrogen-bond acceptors (Lipinski definition) is 5. The van der Waals surface area contributed by atoms with Gasteiger partial charge in [-0.3, -0.25) is 9.59 Å². The van der Waals surface area contributed by atoms with E-state index in [0.29, 0.717) is 13.1 Å². The number of amides is 2. The predicted octanol–water partition coefficient (Wildman–Crippen LogP) is 1.59. The van der Waals surface area contributed by atoms with Gasteiger partial charge in [0.05, 0.1) is 11.6 Å².